The van der Waals surface area contributed by atoms with Gasteiger partial charge in [0.25, 0.3) is 0 Å². The topological polar surface area (TPSA) is 104 Å². The van der Waals surface area contributed by atoms with Gasteiger partial charge in [-0.15, -0.1) is 0 Å². The van der Waals surface area contributed by atoms with Crippen LogP contribution >= 0.6 is 11.6 Å². The average Bonchev–Trinajstić information content (AvgIpc) is 2.33. The molecule has 2 N–H and O–H groups in total. The van der Waals surface area contributed by atoms with Crippen molar-refractivity contribution in [3.05, 3.63) is 45.1 Å². The molecule has 1 aromatic carbocycles. The summed E-state index contributed by atoms with van der Waals surface area (Å²) in [5, 5.41) is 11.2. The molecule has 0 aliphatic heterocycles. The molecule has 1 heterocycles. The number of nitrogens with two attached hydrogens (primary N) is 1. The molecule has 98 valence electrons. The molecular weight excluding hydrogens is 272 g/mol. The van der Waals surface area contributed by atoms with Crippen molar-refractivity contribution in [2.24, 2.45) is 0 Å². The highest BCUT2D eigenvalue weighted by molar-refractivity contribution is 6.32. The van der Waals surface area contributed by atoms with Crippen LogP contribution in [0.5, 0.6) is 11.6 Å². The lowest BCUT2D eigenvalue weighted by Gasteiger charge is -2.07. The standard InChI is InChI=1S/C11H9ClN4O3/c1-6-2-3-7(12)9(4-6)19-10-8(16(17)18)5-14-11(13)15-10/h2-5H,1H3,(H2,13,14,15). The van der Waals surface area contributed by atoms with Crippen LogP contribution in [0.2, 0.25) is 5.02 Å². The molecule has 0 fully saturated rings. The van der Waals surface area contributed by atoms with Crippen LogP contribution in [0.1, 0.15) is 5.56 Å². The zero-order valence-electron chi connectivity index (χ0n) is 9.83. The van der Waals surface area contributed by atoms with Gasteiger partial charge >= 0.3 is 11.6 Å². The van der Waals surface area contributed by atoms with Crippen LogP contribution in [-0.4, -0.2) is 14.9 Å². The van der Waals surface area contributed by atoms with Crippen LogP contribution in [-0.2, 0) is 0 Å². The highest BCUT2D eigenvalue weighted by atomic mass is 35.5. The first kappa shape index (κ1) is 13.0. The third-order valence-corrected chi connectivity index (χ3v) is 2.56. The van der Waals surface area contributed by atoms with E-state index in [-0.39, 0.29) is 23.3 Å². The zero-order valence-corrected chi connectivity index (χ0v) is 10.6. The van der Waals surface area contributed by atoms with E-state index in [4.69, 9.17) is 22.1 Å². The van der Waals surface area contributed by atoms with Crippen molar-refractivity contribution in [1.29, 1.82) is 0 Å². The van der Waals surface area contributed by atoms with Gasteiger partial charge in [0.05, 0.1) is 9.95 Å². The normalized spacial score (nSPS) is 10.2. The number of nitro groups is 1. The van der Waals surface area contributed by atoms with E-state index in [1.807, 2.05) is 6.92 Å². The third-order valence-electron chi connectivity index (χ3n) is 2.24. The number of hydrogen-bond acceptors (Lipinski definition) is 6. The lowest BCUT2D eigenvalue weighted by Crippen LogP contribution is -2.01. The summed E-state index contributed by atoms with van der Waals surface area (Å²) in [4.78, 5) is 17.5. The van der Waals surface area contributed by atoms with Crippen molar-refractivity contribution in [2.75, 3.05) is 5.73 Å². The Morgan fingerprint density at radius 2 is 2.21 bits per heavy atom. The fourth-order valence-corrected chi connectivity index (χ4v) is 1.52. The minimum atomic E-state index is -0.654. The fourth-order valence-electron chi connectivity index (χ4n) is 1.37. The number of hydrogen-bond donors (Lipinski definition) is 1. The molecule has 0 amide bonds. The monoisotopic (exact) mass is 280 g/mol. The predicted octanol–water partition coefficient (Wildman–Crippen LogP) is 2.72. The number of benzene rings is 1. The van der Waals surface area contributed by atoms with E-state index >= 15 is 0 Å². The third kappa shape index (κ3) is 2.89. The summed E-state index contributed by atoms with van der Waals surface area (Å²) in [5.74, 6) is -0.0998. The van der Waals surface area contributed by atoms with Gasteiger partial charge in [-0.3, -0.25) is 10.1 Å². The van der Waals surface area contributed by atoms with Crippen LogP contribution in [0.15, 0.2) is 24.4 Å². The molecule has 8 heteroatoms. The van der Waals surface area contributed by atoms with E-state index in [1.165, 1.54) is 0 Å². The van der Waals surface area contributed by atoms with Crippen LogP contribution < -0.4 is 10.5 Å². The van der Waals surface area contributed by atoms with Gasteiger partial charge in [-0.25, -0.2) is 4.98 Å². The summed E-state index contributed by atoms with van der Waals surface area (Å²) in [6.45, 7) is 1.84. The number of ether oxygens (including phenoxy) is 1. The summed E-state index contributed by atoms with van der Waals surface area (Å²) >= 11 is 5.95. The van der Waals surface area contributed by atoms with Gasteiger partial charge in [0.2, 0.25) is 5.95 Å². The Morgan fingerprint density at radius 1 is 1.47 bits per heavy atom. The Hall–Kier alpha value is -2.41. The molecule has 1 aromatic heterocycles. The second-order valence-corrected chi connectivity index (χ2v) is 4.12. The van der Waals surface area contributed by atoms with E-state index in [0.29, 0.717) is 5.02 Å². The average molecular weight is 281 g/mol. The van der Waals surface area contributed by atoms with E-state index in [2.05, 4.69) is 9.97 Å². The molecule has 0 aliphatic carbocycles. The maximum absolute atomic E-state index is 10.8. The predicted molar refractivity (Wildman–Crippen MR) is 69.4 cm³/mol. The van der Waals surface area contributed by atoms with Gasteiger partial charge < -0.3 is 10.5 Å². The highest BCUT2D eigenvalue weighted by Gasteiger charge is 2.20. The number of anilines is 1. The van der Waals surface area contributed by atoms with Crippen LogP contribution in [0, 0.1) is 17.0 Å². The van der Waals surface area contributed by atoms with Crippen molar-refractivity contribution in [3.8, 4) is 11.6 Å². The number of aryl methyl sites for hydroxylation is 1. The first-order chi connectivity index (χ1) is 8.97. The summed E-state index contributed by atoms with van der Waals surface area (Å²) in [5.41, 5.74) is 5.90. The van der Waals surface area contributed by atoms with Crippen molar-refractivity contribution >= 4 is 23.2 Å². The van der Waals surface area contributed by atoms with Gasteiger partial charge in [0.1, 0.15) is 11.9 Å². The molecule has 0 atom stereocenters. The molecule has 0 spiro atoms. The Kier molecular flexibility index (Phi) is 3.48. The molecule has 0 saturated carbocycles. The molecule has 0 unspecified atom stereocenters. The minimum Gasteiger partial charge on any atom is -0.432 e. The van der Waals surface area contributed by atoms with Crippen LogP contribution in [0.4, 0.5) is 11.6 Å². The van der Waals surface area contributed by atoms with Crippen molar-refractivity contribution in [2.45, 2.75) is 6.92 Å². The van der Waals surface area contributed by atoms with Gasteiger partial charge in [-0.1, -0.05) is 17.7 Å². The lowest BCUT2D eigenvalue weighted by molar-refractivity contribution is -0.386. The van der Waals surface area contributed by atoms with E-state index in [9.17, 15) is 10.1 Å². The molecule has 7 nitrogen and oxygen atoms in total. The van der Waals surface area contributed by atoms with E-state index < -0.39 is 4.92 Å². The highest BCUT2D eigenvalue weighted by Crippen LogP contribution is 2.33. The van der Waals surface area contributed by atoms with Gasteiger partial charge in [-0.2, -0.15) is 4.98 Å². The SMILES string of the molecule is Cc1ccc(Cl)c(Oc2nc(N)ncc2[N+](=O)[O-])c1. The number of nitrogens with zero attached hydrogens (tertiary/aromatic N) is 3. The number of rotatable bonds is 3. The van der Waals surface area contributed by atoms with Crippen LogP contribution in [0.25, 0.3) is 0 Å². The number of nitrogen functional groups attached to an aromatic ring is 1. The molecule has 2 aromatic rings. The second kappa shape index (κ2) is 5.07. The summed E-state index contributed by atoms with van der Waals surface area (Å²) in [6, 6.07) is 5.06. The fraction of sp³-hybridized carbons (Fsp3) is 0.0909. The number of aromatic nitrogens is 2. The first-order valence-corrected chi connectivity index (χ1v) is 5.56. The molecule has 0 radical (unpaired) electrons. The molecule has 2 rings (SSSR count). The number of halogens is 1. The zero-order chi connectivity index (χ0) is 14.0. The first-order valence-electron chi connectivity index (χ1n) is 5.18. The molecule has 0 aliphatic rings. The molecule has 0 bridgehead atoms. The maximum Gasteiger partial charge on any atom is 0.349 e. The second-order valence-electron chi connectivity index (χ2n) is 3.71. The quantitative estimate of drug-likeness (QED) is 0.684. The maximum atomic E-state index is 10.8. The Balaban J connectivity index is 2.45. The van der Waals surface area contributed by atoms with Crippen molar-refractivity contribution in [1.82, 2.24) is 9.97 Å². The van der Waals surface area contributed by atoms with E-state index in [1.54, 1.807) is 18.2 Å². The molecule has 19 heavy (non-hydrogen) atoms. The van der Waals surface area contributed by atoms with Crippen molar-refractivity contribution in [3.63, 3.8) is 0 Å². The summed E-state index contributed by atoms with van der Waals surface area (Å²) < 4.78 is 5.36. The summed E-state index contributed by atoms with van der Waals surface area (Å²) in [7, 11) is 0. The lowest BCUT2D eigenvalue weighted by atomic mass is 10.2. The largest absolute Gasteiger partial charge is 0.432 e. The van der Waals surface area contributed by atoms with Gasteiger partial charge in [0.15, 0.2) is 0 Å². The summed E-state index contributed by atoms with van der Waals surface area (Å²) in [6.07, 6.45) is 0.987. The van der Waals surface area contributed by atoms with Gasteiger partial charge in [0, 0.05) is 0 Å². The van der Waals surface area contributed by atoms with Crippen LogP contribution in [0.3, 0.4) is 0 Å². The molecule has 0 saturated heterocycles. The van der Waals surface area contributed by atoms with Gasteiger partial charge in [-0.05, 0) is 24.6 Å². The Labute approximate surface area is 113 Å². The Bertz CT molecular complexity index is 648. The molecular formula is C11H9ClN4O3. The minimum absolute atomic E-state index is 0.121. The Morgan fingerprint density at radius 3 is 2.89 bits per heavy atom. The smallest absolute Gasteiger partial charge is 0.349 e. The van der Waals surface area contributed by atoms with E-state index in [0.717, 1.165) is 11.8 Å². The van der Waals surface area contributed by atoms with Crippen molar-refractivity contribution < 1.29 is 9.66 Å².